The number of rotatable bonds is 10. The van der Waals surface area contributed by atoms with Crippen LogP contribution in [0.4, 0.5) is 0 Å². The second-order valence-electron chi connectivity index (χ2n) is 9.69. The third kappa shape index (κ3) is 5.69. The highest BCUT2D eigenvalue weighted by Crippen LogP contribution is 2.21. The summed E-state index contributed by atoms with van der Waals surface area (Å²) in [7, 11) is 0. The molecule has 0 aliphatic rings. The van der Waals surface area contributed by atoms with E-state index in [0.29, 0.717) is 32.0 Å². The summed E-state index contributed by atoms with van der Waals surface area (Å²) in [6.45, 7) is 8.05. The Kier molecular flexibility index (Phi) is 7.20. The van der Waals surface area contributed by atoms with Crippen molar-refractivity contribution in [3.63, 3.8) is 0 Å². The number of carbonyl (C=O) groups excluding carboxylic acids is 1. The Bertz CT molecular complexity index is 1460. The quantitative estimate of drug-likeness (QED) is 0.242. The van der Waals surface area contributed by atoms with E-state index < -0.39 is 0 Å². The number of nitrogens with zero attached hydrogens (tertiary/aromatic N) is 2. The van der Waals surface area contributed by atoms with Crippen molar-refractivity contribution in [3.8, 4) is 0 Å². The van der Waals surface area contributed by atoms with E-state index in [-0.39, 0.29) is 11.9 Å². The number of furan rings is 2. The molecule has 36 heavy (non-hydrogen) atoms. The number of aromatic nitrogens is 1. The molecule has 1 N–H and O–H groups in total. The average molecular weight is 502 g/mol. The summed E-state index contributed by atoms with van der Waals surface area (Å²) < 4.78 is 11.0. The van der Waals surface area contributed by atoms with Crippen LogP contribution in [0, 0.1) is 12.8 Å². The van der Waals surface area contributed by atoms with Crippen LogP contribution in [0.25, 0.3) is 21.9 Å². The van der Waals surface area contributed by atoms with Gasteiger partial charge in [0.25, 0.3) is 0 Å². The molecule has 0 fully saturated rings. The molecule has 3 heterocycles. The number of hydrogen-bond donors (Lipinski definition) is 1. The monoisotopic (exact) mass is 501 g/mol. The first-order valence-electron chi connectivity index (χ1n) is 12.3. The van der Waals surface area contributed by atoms with E-state index in [1.165, 1.54) is 0 Å². The molecule has 0 spiro atoms. The van der Waals surface area contributed by atoms with E-state index in [1.54, 1.807) is 23.9 Å². The average Bonchev–Trinajstić information content (AvgIpc) is 3.61. The van der Waals surface area contributed by atoms with Gasteiger partial charge in [0, 0.05) is 29.2 Å². The van der Waals surface area contributed by atoms with Gasteiger partial charge in [0.2, 0.25) is 5.91 Å². The second-order valence-corrected chi connectivity index (χ2v) is 10.8. The predicted molar refractivity (Wildman–Crippen MR) is 144 cm³/mol. The number of benzene rings is 2. The minimum absolute atomic E-state index is 0.0889. The first-order valence-corrected chi connectivity index (χ1v) is 13.2. The molecule has 0 saturated heterocycles. The summed E-state index contributed by atoms with van der Waals surface area (Å²) in [5, 5.41) is 8.73. The fourth-order valence-corrected chi connectivity index (χ4v) is 5.17. The number of nitrogens with one attached hydrogen (secondary N) is 1. The van der Waals surface area contributed by atoms with Gasteiger partial charge in [0.05, 0.1) is 35.8 Å². The molecule has 1 amide bonds. The van der Waals surface area contributed by atoms with Crippen molar-refractivity contribution in [1.29, 1.82) is 0 Å². The Morgan fingerprint density at radius 2 is 1.67 bits per heavy atom. The summed E-state index contributed by atoms with van der Waals surface area (Å²) in [6, 6.07) is 15.8. The van der Waals surface area contributed by atoms with Crippen LogP contribution < -0.4 is 5.32 Å². The molecule has 0 unspecified atom stereocenters. The van der Waals surface area contributed by atoms with E-state index in [4.69, 9.17) is 8.83 Å². The van der Waals surface area contributed by atoms with E-state index in [2.05, 4.69) is 36.3 Å². The molecule has 5 rings (SSSR count). The Hall–Kier alpha value is -3.42. The van der Waals surface area contributed by atoms with Crippen LogP contribution in [-0.2, 0) is 24.3 Å². The van der Waals surface area contributed by atoms with Crippen LogP contribution in [0.15, 0.2) is 75.3 Å². The number of aryl methyl sites for hydroxylation is 1. The Morgan fingerprint density at radius 1 is 1.00 bits per heavy atom. The van der Waals surface area contributed by atoms with Crippen LogP contribution in [0.5, 0.6) is 0 Å². The lowest BCUT2D eigenvalue weighted by molar-refractivity contribution is -0.134. The van der Waals surface area contributed by atoms with Crippen LogP contribution in [0.3, 0.4) is 0 Å². The molecule has 186 valence electrons. The molecule has 2 aromatic carbocycles. The molecule has 1 atom stereocenters. The highest BCUT2D eigenvalue weighted by Gasteiger charge is 2.26. The van der Waals surface area contributed by atoms with E-state index in [0.717, 1.165) is 43.8 Å². The summed E-state index contributed by atoms with van der Waals surface area (Å²) in [6.07, 6.45) is 3.98. The summed E-state index contributed by atoms with van der Waals surface area (Å²) in [5.74, 6) is 0.436. The van der Waals surface area contributed by atoms with Crippen LogP contribution in [-0.4, -0.2) is 28.4 Å². The zero-order valence-corrected chi connectivity index (χ0v) is 21.7. The molecule has 0 bridgehead atoms. The molecule has 0 aliphatic heterocycles. The lowest BCUT2D eigenvalue weighted by Crippen LogP contribution is -2.48. The fraction of sp³-hybridized carbons (Fsp3) is 0.310. The highest BCUT2D eigenvalue weighted by atomic mass is 32.1. The van der Waals surface area contributed by atoms with Gasteiger partial charge < -0.3 is 19.1 Å². The van der Waals surface area contributed by atoms with Crippen molar-refractivity contribution < 1.29 is 13.6 Å². The maximum Gasteiger partial charge on any atom is 0.240 e. The van der Waals surface area contributed by atoms with Crippen molar-refractivity contribution in [3.05, 3.63) is 88.3 Å². The summed E-state index contributed by atoms with van der Waals surface area (Å²) >= 11 is 1.62. The molecular weight excluding hydrogens is 470 g/mol. The number of amides is 1. The van der Waals surface area contributed by atoms with Gasteiger partial charge in [-0.2, -0.15) is 0 Å². The molecular formula is C29H31N3O3S. The normalized spacial score (nSPS) is 12.6. The van der Waals surface area contributed by atoms with Gasteiger partial charge in [-0.15, -0.1) is 11.3 Å². The number of carbonyl (C=O) groups is 1. The van der Waals surface area contributed by atoms with Crippen molar-refractivity contribution in [2.45, 2.75) is 46.3 Å². The van der Waals surface area contributed by atoms with Gasteiger partial charge >= 0.3 is 0 Å². The standard InChI is InChI=1S/C29H31N3O3S/c1-19(2)16-32(17-25-18-36-20(3)31-25)29(33)26(14-21-4-6-27-23(12-21)8-10-34-27)30-15-22-5-7-28-24(13-22)9-11-35-28/h4-13,18-19,26,30H,14-17H2,1-3H3/t26-/m1/s1. The SMILES string of the molecule is Cc1nc(CN(CC(C)C)C(=O)[C@@H](Cc2ccc3occc3c2)NCc2ccc3occc3c2)cs1. The third-order valence-corrected chi connectivity index (χ3v) is 7.06. The maximum atomic E-state index is 14.0. The zero-order valence-electron chi connectivity index (χ0n) is 20.9. The zero-order chi connectivity index (χ0) is 25.1. The number of fused-ring (bicyclic) bond motifs is 2. The van der Waals surface area contributed by atoms with Gasteiger partial charge in [0.1, 0.15) is 11.2 Å². The van der Waals surface area contributed by atoms with E-state index in [9.17, 15) is 4.79 Å². The third-order valence-electron chi connectivity index (χ3n) is 6.24. The van der Waals surface area contributed by atoms with Crippen LogP contribution in [0.1, 0.15) is 35.7 Å². The number of thiazole rings is 1. The molecule has 5 aromatic rings. The highest BCUT2D eigenvalue weighted by molar-refractivity contribution is 7.09. The minimum atomic E-state index is -0.382. The van der Waals surface area contributed by atoms with Crippen molar-refractivity contribution in [1.82, 2.24) is 15.2 Å². The molecule has 0 radical (unpaired) electrons. The van der Waals surface area contributed by atoms with Crippen LogP contribution >= 0.6 is 11.3 Å². The Labute approximate surface area is 214 Å². The second kappa shape index (κ2) is 10.7. The molecule has 0 saturated carbocycles. The van der Waals surface area contributed by atoms with Gasteiger partial charge in [-0.3, -0.25) is 4.79 Å². The van der Waals surface area contributed by atoms with Crippen molar-refractivity contribution >= 4 is 39.2 Å². The Morgan fingerprint density at radius 3 is 2.31 bits per heavy atom. The van der Waals surface area contributed by atoms with Crippen molar-refractivity contribution in [2.24, 2.45) is 5.92 Å². The molecule has 6 nitrogen and oxygen atoms in total. The van der Waals surface area contributed by atoms with Gasteiger partial charge in [-0.25, -0.2) is 4.98 Å². The van der Waals surface area contributed by atoms with Gasteiger partial charge in [-0.05, 0) is 66.8 Å². The largest absolute Gasteiger partial charge is 0.464 e. The molecule has 3 aromatic heterocycles. The topological polar surface area (TPSA) is 71.5 Å². The van der Waals surface area contributed by atoms with Gasteiger partial charge in [0.15, 0.2) is 0 Å². The Balaban J connectivity index is 1.40. The predicted octanol–water partition coefficient (Wildman–Crippen LogP) is 6.33. The first-order chi connectivity index (χ1) is 17.4. The van der Waals surface area contributed by atoms with E-state index >= 15 is 0 Å². The first kappa shape index (κ1) is 24.3. The van der Waals surface area contributed by atoms with Crippen LogP contribution in [0.2, 0.25) is 0 Å². The fourth-order valence-electron chi connectivity index (χ4n) is 4.56. The lowest BCUT2D eigenvalue weighted by atomic mass is 10.0. The molecule has 7 heteroatoms. The van der Waals surface area contributed by atoms with Crippen molar-refractivity contribution in [2.75, 3.05) is 6.54 Å². The maximum absolute atomic E-state index is 14.0. The smallest absolute Gasteiger partial charge is 0.240 e. The lowest BCUT2D eigenvalue weighted by Gasteiger charge is -2.29. The summed E-state index contributed by atoms with van der Waals surface area (Å²) in [4.78, 5) is 20.6. The van der Waals surface area contributed by atoms with E-state index in [1.807, 2.05) is 53.6 Å². The summed E-state index contributed by atoms with van der Waals surface area (Å²) in [5.41, 5.74) is 4.85. The molecule has 0 aliphatic carbocycles. The van der Waals surface area contributed by atoms with Gasteiger partial charge in [-0.1, -0.05) is 26.0 Å². The minimum Gasteiger partial charge on any atom is -0.464 e. The number of hydrogen-bond acceptors (Lipinski definition) is 6.